The number of hydrogen-bond donors (Lipinski definition) is 1. The first-order valence-electron chi connectivity index (χ1n) is 9.21. The molecule has 5 rings (SSSR count). The quantitative estimate of drug-likeness (QED) is 0.697. The van der Waals surface area contributed by atoms with Crippen molar-refractivity contribution in [1.82, 2.24) is 9.88 Å². The highest BCUT2D eigenvalue weighted by molar-refractivity contribution is 6.31. The van der Waals surface area contributed by atoms with Crippen LogP contribution in [-0.4, -0.2) is 23.5 Å². The molecule has 1 aromatic heterocycles. The van der Waals surface area contributed by atoms with E-state index in [2.05, 4.69) is 59.4 Å². The van der Waals surface area contributed by atoms with Gasteiger partial charge in [-0.05, 0) is 67.0 Å². The van der Waals surface area contributed by atoms with Gasteiger partial charge in [-0.3, -0.25) is 0 Å². The van der Waals surface area contributed by atoms with Gasteiger partial charge >= 0.3 is 0 Å². The van der Waals surface area contributed by atoms with Gasteiger partial charge in [0.2, 0.25) is 0 Å². The molecule has 0 bridgehead atoms. The van der Waals surface area contributed by atoms with Crippen molar-refractivity contribution in [3.05, 3.63) is 69.9 Å². The number of nitrogens with zero attached hydrogens (tertiary/aromatic N) is 1. The number of hydrogen-bond acceptors (Lipinski definition) is 1. The molecule has 128 valence electrons. The van der Waals surface area contributed by atoms with Crippen molar-refractivity contribution in [3.63, 3.8) is 0 Å². The molecule has 0 radical (unpaired) electrons. The molecule has 1 fully saturated rings. The van der Waals surface area contributed by atoms with Gasteiger partial charge in [-0.1, -0.05) is 41.9 Å². The number of benzene rings is 2. The van der Waals surface area contributed by atoms with Gasteiger partial charge in [0.15, 0.2) is 0 Å². The van der Waals surface area contributed by atoms with Crippen LogP contribution in [0.5, 0.6) is 0 Å². The van der Waals surface area contributed by atoms with Crippen molar-refractivity contribution in [2.24, 2.45) is 0 Å². The van der Waals surface area contributed by atoms with Gasteiger partial charge in [0.25, 0.3) is 0 Å². The topological polar surface area (TPSA) is 19.0 Å². The smallest absolute Gasteiger partial charge is 0.0493 e. The fraction of sp³-hybridized carbons (Fsp3) is 0.364. The fourth-order valence-corrected chi connectivity index (χ4v) is 4.76. The lowest BCUT2D eigenvalue weighted by atomic mass is 9.88. The number of nitrogens with one attached hydrogen (secondary N) is 1. The first-order chi connectivity index (χ1) is 12.1. The Kier molecular flexibility index (Phi) is 3.48. The third-order valence-corrected chi connectivity index (χ3v) is 6.31. The highest BCUT2D eigenvalue weighted by Gasteiger charge is 2.44. The second-order valence-electron chi connectivity index (χ2n) is 7.88. The largest absolute Gasteiger partial charge is 0.357 e. The van der Waals surface area contributed by atoms with Crippen molar-refractivity contribution in [2.45, 2.75) is 37.6 Å². The molecule has 0 atom stereocenters. The molecular formula is C22H23ClN2. The van der Waals surface area contributed by atoms with Crippen LogP contribution in [0, 0.1) is 0 Å². The Morgan fingerprint density at radius 2 is 1.96 bits per heavy atom. The second-order valence-corrected chi connectivity index (χ2v) is 8.32. The van der Waals surface area contributed by atoms with Crippen molar-refractivity contribution < 1.29 is 0 Å². The van der Waals surface area contributed by atoms with Gasteiger partial charge in [0.05, 0.1) is 0 Å². The standard InChI is InChI=1S/C22H23ClN2/c1-25-10-7-18-19-12-17(23)11-15(21(19)24-20(18)14-25)13-22(8-9-22)16-5-3-2-4-6-16/h2-6,11-12,24H,7-10,13-14H2,1H3. The molecule has 2 nitrogen and oxygen atoms in total. The van der Waals surface area contributed by atoms with Crippen molar-refractivity contribution in [2.75, 3.05) is 13.6 Å². The average molecular weight is 351 g/mol. The fourth-order valence-electron chi connectivity index (χ4n) is 4.52. The summed E-state index contributed by atoms with van der Waals surface area (Å²) in [7, 11) is 2.19. The number of fused-ring (bicyclic) bond motifs is 3. The molecular weight excluding hydrogens is 328 g/mol. The van der Waals surface area contributed by atoms with Crippen LogP contribution in [0.1, 0.15) is 35.2 Å². The van der Waals surface area contributed by atoms with Gasteiger partial charge < -0.3 is 9.88 Å². The van der Waals surface area contributed by atoms with Gasteiger partial charge in [0, 0.05) is 34.7 Å². The Labute approximate surface area is 153 Å². The molecule has 1 aliphatic carbocycles. The third kappa shape index (κ3) is 2.59. The van der Waals surface area contributed by atoms with Crippen LogP contribution in [0.3, 0.4) is 0 Å². The lowest BCUT2D eigenvalue weighted by molar-refractivity contribution is 0.310. The van der Waals surface area contributed by atoms with Gasteiger partial charge in [0.1, 0.15) is 0 Å². The van der Waals surface area contributed by atoms with E-state index in [9.17, 15) is 0 Å². The Morgan fingerprint density at radius 3 is 2.72 bits per heavy atom. The summed E-state index contributed by atoms with van der Waals surface area (Å²) in [6.45, 7) is 2.13. The first-order valence-corrected chi connectivity index (χ1v) is 9.58. The summed E-state index contributed by atoms with van der Waals surface area (Å²) in [5.74, 6) is 0. The molecule has 0 amide bonds. The van der Waals surface area contributed by atoms with E-state index in [1.165, 1.54) is 46.1 Å². The van der Waals surface area contributed by atoms with Gasteiger partial charge in [-0.25, -0.2) is 0 Å². The number of likely N-dealkylation sites (N-methyl/N-ethyl adjacent to an activating group) is 1. The maximum absolute atomic E-state index is 6.52. The van der Waals surface area contributed by atoms with E-state index in [1.807, 2.05) is 0 Å². The van der Waals surface area contributed by atoms with Crippen LogP contribution in [0.25, 0.3) is 10.9 Å². The Morgan fingerprint density at radius 1 is 1.16 bits per heavy atom. The molecule has 1 aliphatic heterocycles. The van der Waals surface area contributed by atoms with Crippen molar-refractivity contribution >= 4 is 22.5 Å². The molecule has 1 N–H and O–H groups in total. The molecule has 0 spiro atoms. The van der Waals surface area contributed by atoms with E-state index in [0.717, 1.165) is 31.0 Å². The molecule has 0 unspecified atom stereocenters. The van der Waals surface area contributed by atoms with Crippen LogP contribution < -0.4 is 0 Å². The molecule has 3 heteroatoms. The molecule has 2 aliphatic rings. The van der Waals surface area contributed by atoms with Crippen molar-refractivity contribution in [1.29, 1.82) is 0 Å². The maximum Gasteiger partial charge on any atom is 0.0493 e. The van der Waals surface area contributed by atoms with Crippen LogP contribution in [-0.2, 0) is 24.8 Å². The highest BCUT2D eigenvalue weighted by Crippen LogP contribution is 2.51. The van der Waals surface area contributed by atoms with E-state index in [4.69, 9.17) is 11.6 Å². The summed E-state index contributed by atoms with van der Waals surface area (Å²) in [4.78, 5) is 6.12. The lowest BCUT2D eigenvalue weighted by Crippen LogP contribution is -2.26. The van der Waals surface area contributed by atoms with Gasteiger partial charge in [-0.15, -0.1) is 0 Å². The Bertz CT molecular complexity index is 938. The van der Waals surface area contributed by atoms with Crippen LogP contribution in [0.2, 0.25) is 5.02 Å². The van der Waals surface area contributed by atoms with Gasteiger partial charge in [-0.2, -0.15) is 0 Å². The first kappa shape index (κ1) is 15.5. The normalized spacial score (nSPS) is 19.1. The number of halogens is 1. The lowest BCUT2D eigenvalue weighted by Gasteiger charge is -2.22. The van der Waals surface area contributed by atoms with E-state index < -0.39 is 0 Å². The summed E-state index contributed by atoms with van der Waals surface area (Å²) in [6, 6.07) is 15.3. The molecule has 25 heavy (non-hydrogen) atoms. The second kappa shape index (κ2) is 5.62. The minimum Gasteiger partial charge on any atom is -0.357 e. The van der Waals surface area contributed by atoms with Crippen LogP contribution in [0.4, 0.5) is 0 Å². The van der Waals surface area contributed by atoms with Crippen LogP contribution >= 0.6 is 11.6 Å². The SMILES string of the molecule is CN1CCc2c([nH]c3c(CC4(c5ccccc5)CC4)cc(Cl)cc23)C1. The van der Waals surface area contributed by atoms with Crippen LogP contribution in [0.15, 0.2) is 42.5 Å². The van der Waals surface area contributed by atoms with E-state index in [-0.39, 0.29) is 0 Å². The summed E-state index contributed by atoms with van der Waals surface area (Å²) in [5.41, 5.74) is 7.31. The zero-order valence-electron chi connectivity index (χ0n) is 14.6. The summed E-state index contributed by atoms with van der Waals surface area (Å²) >= 11 is 6.52. The summed E-state index contributed by atoms with van der Waals surface area (Å²) in [6.07, 6.45) is 4.72. The summed E-state index contributed by atoms with van der Waals surface area (Å²) in [5, 5.41) is 2.21. The predicted octanol–water partition coefficient (Wildman–Crippen LogP) is 5.08. The molecule has 2 heterocycles. The maximum atomic E-state index is 6.52. The minimum absolute atomic E-state index is 0.307. The minimum atomic E-state index is 0.307. The molecule has 0 saturated heterocycles. The van der Waals surface area contributed by atoms with E-state index >= 15 is 0 Å². The Hall–Kier alpha value is -1.77. The number of aromatic nitrogens is 1. The number of H-pyrrole nitrogens is 1. The third-order valence-electron chi connectivity index (χ3n) is 6.09. The zero-order chi connectivity index (χ0) is 17.0. The summed E-state index contributed by atoms with van der Waals surface area (Å²) < 4.78 is 0. The number of rotatable bonds is 3. The highest BCUT2D eigenvalue weighted by atomic mass is 35.5. The van der Waals surface area contributed by atoms with E-state index in [1.54, 1.807) is 0 Å². The molecule has 3 aromatic rings. The predicted molar refractivity (Wildman–Crippen MR) is 104 cm³/mol. The average Bonchev–Trinajstić information content (AvgIpc) is 3.30. The monoisotopic (exact) mass is 350 g/mol. The molecule has 1 saturated carbocycles. The number of aromatic amines is 1. The van der Waals surface area contributed by atoms with Crippen molar-refractivity contribution in [3.8, 4) is 0 Å². The zero-order valence-corrected chi connectivity index (χ0v) is 15.4. The van der Waals surface area contributed by atoms with E-state index in [0.29, 0.717) is 5.41 Å². The Balaban J connectivity index is 1.60. The molecule has 2 aromatic carbocycles.